The van der Waals surface area contributed by atoms with Crippen molar-refractivity contribution in [1.82, 2.24) is 4.98 Å². The van der Waals surface area contributed by atoms with Crippen LogP contribution in [0.1, 0.15) is 36.5 Å². The minimum Gasteiger partial charge on any atom is -0.265 e. The summed E-state index contributed by atoms with van der Waals surface area (Å²) in [5.74, 6) is 0.294. The van der Waals surface area contributed by atoms with Gasteiger partial charge in [-0.25, -0.2) is 0 Å². The van der Waals surface area contributed by atoms with Gasteiger partial charge in [0.2, 0.25) is 0 Å². The van der Waals surface area contributed by atoms with Gasteiger partial charge in [-0.05, 0) is 42.0 Å². The SMILES string of the molecule is CC(C)c1ccc(CCc2ccncc2)c([N+](=O)[O-])c1. The molecular weight excluding hydrogens is 252 g/mol. The molecule has 4 nitrogen and oxygen atoms in total. The molecule has 0 aliphatic carbocycles. The number of rotatable bonds is 5. The lowest BCUT2D eigenvalue weighted by molar-refractivity contribution is -0.385. The van der Waals surface area contributed by atoms with Crippen LogP contribution in [0.2, 0.25) is 0 Å². The van der Waals surface area contributed by atoms with Gasteiger partial charge in [-0.2, -0.15) is 0 Å². The van der Waals surface area contributed by atoms with E-state index in [1.54, 1.807) is 18.5 Å². The standard InChI is InChI=1S/C16H18N2O2/c1-12(2)15-6-5-14(16(11-15)18(19)20)4-3-13-7-9-17-10-8-13/h5-12H,3-4H2,1-2H3. The van der Waals surface area contributed by atoms with E-state index in [0.29, 0.717) is 12.3 Å². The fourth-order valence-corrected chi connectivity index (χ4v) is 2.15. The first-order valence-electron chi connectivity index (χ1n) is 6.74. The van der Waals surface area contributed by atoms with Gasteiger partial charge in [0, 0.05) is 24.0 Å². The molecule has 0 saturated carbocycles. The summed E-state index contributed by atoms with van der Waals surface area (Å²) in [5.41, 5.74) is 3.16. The monoisotopic (exact) mass is 270 g/mol. The highest BCUT2D eigenvalue weighted by Gasteiger charge is 2.15. The summed E-state index contributed by atoms with van der Waals surface area (Å²) in [4.78, 5) is 14.9. The highest BCUT2D eigenvalue weighted by Crippen LogP contribution is 2.25. The molecule has 104 valence electrons. The molecule has 20 heavy (non-hydrogen) atoms. The van der Waals surface area contributed by atoms with Crippen molar-refractivity contribution < 1.29 is 4.92 Å². The van der Waals surface area contributed by atoms with Gasteiger partial charge in [0.1, 0.15) is 0 Å². The predicted molar refractivity (Wildman–Crippen MR) is 78.8 cm³/mol. The van der Waals surface area contributed by atoms with Gasteiger partial charge in [0.05, 0.1) is 4.92 Å². The fourth-order valence-electron chi connectivity index (χ4n) is 2.15. The first kappa shape index (κ1) is 14.2. The Hall–Kier alpha value is -2.23. The van der Waals surface area contributed by atoms with Crippen molar-refractivity contribution in [2.24, 2.45) is 0 Å². The number of benzene rings is 1. The Kier molecular flexibility index (Phi) is 4.45. The van der Waals surface area contributed by atoms with E-state index in [-0.39, 0.29) is 10.6 Å². The molecule has 0 N–H and O–H groups in total. The second-order valence-electron chi connectivity index (χ2n) is 5.16. The van der Waals surface area contributed by atoms with Gasteiger partial charge >= 0.3 is 0 Å². The minimum atomic E-state index is -0.284. The van der Waals surface area contributed by atoms with E-state index in [9.17, 15) is 10.1 Å². The van der Waals surface area contributed by atoms with Crippen LogP contribution < -0.4 is 0 Å². The van der Waals surface area contributed by atoms with Gasteiger partial charge < -0.3 is 0 Å². The summed E-state index contributed by atoms with van der Waals surface area (Å²) in [5, 5.41) is 11.2. The molecule has 1 aromatic carbocycles. The number of aryl methyl sites for hydroxylation is 2. The van der Waals surface area contributed by atoms with E-state index in [2.05, 4.69) is 4.98 Å². The average molecular weight is 270 g/mol. The molecule has 1 heterocycles. The van der Waals surface area contributed by atoms with Crippen LogP contribution in [0.3, 0.4) is 0 Å². The fraction of sp³-hybridized carbons (Fsp3) is 0.312. The summed E-state index contributed by atoms with van der Waals surface area (Å²) in [6.45, 7) is 4.07. The topological polar surface area (TPSA) is 56.0 Å². The van der Waals surface area contributed by atoms with Crippen molar-refractivity contribution in [1.29, 1.82) is 0 Å². The van der Waals surface area contributed by atoms with Crippen LogP contribution >= 0.6 is 0 Å². The van der Waals surface area contributed by atoms with Crippen LogP contribution in [0.25, 0.3) is 0 Å². The van der Waals surface area contributed by atoms with E-state index >= 15 is 0 Å². The first-order valence-corrected chi connectivity index (χ1v) is 6.74. The molecule has 0 aliphatic heterocycles. The molecule has 2 rings (SSSR count). The Labute approximate surface area is 118 Å². The average Bonchev–Trinajstić information content (AvgIpc) is 2.45. The molecule has 4 heteroatoms. The Morgan fingerprint density at radius 2 is 1.85 bits per heavy atom. The number of pyridine rings is 1. The molecular formula is C16H18N2O2. The Morgan fingerprint density at radius 3 is 2.45 bits per heavy atom. The highest BCUT2D eigenvalue weighted by atomic mass is 16.6. The zero-order valence-corrected chi connectivity index (χ0v) is 11.7. The second kappa shape index (κ2) is 6.28. The van der Waals surface area contributed by atoms with Gasteiger partial charge in [-0.15, -0.1) is 0 Å². The van der Waals surface area contributed by atoms with Gasteiger partial charge in [-0.1, -0.05) is 26.0 Å². The molecule has 0 aliphatic rings. The van der Waals surface area contributed by atoms with Crippen LogP contribution in [-0.2, 0) is 12.8 Å². The molecule has 0 saturated heterocycles. The number of aromatic nitrogens is 1. The van der Waals surface area contributed by atoms with Crippen molar-refractivity contribution in [2.75, 3.05) is 0 Å². The Balaban J connectivity index is 2.21. The van der Waals surface area contributed by atoms with Crippen molar-refractivity contribution >= 4 is 5.69 Å². The second-order valence-corrected chi connectivity index (χ2v) is 5.16. The lowest BCUT2D eigenvalue weighted by Gasteiger charge is -2.08. The summed E-state index contributed by atoms with van der Waals surface area (Å²) >= 11 is 0. The van der Waals surface area contributed by atoms with E-state index in [1.165, 1.54) is 0 Å². The summed E-state index contributed by atoms with van der Waals surface area (Å²) < 4.78 is 0. The van der Waals surface area contributed by atoms with Gasteiger partial charge in [0.25, 0.3) is 5.69 Å². The first-order chi connectivity index (χ1) is 9.58. The summed E-state index contributed by atoms with van der Waals surface area (Å²) in [6, 6.07) is 9.45. The van der Waals surface area contributed by atoms with E-state index in [1.807, 2.05) is 38.1 Å². The lowest BCUT2D eigenvalue weighted by atomic mass is 9.97. The van der Waals surface area contributed by atoms with Crippen molar-refractivity contribution in [3.8, 4) is 0 Å². The van der Waals surface area contributed by atoms with Crippen LogP contribution in [0.15, 0.2) is 42.7 Å². The predicted octanol–water partition coefficient (Wildman–Crippen LogP) is 3.90. The molecule has 0 unspecified atom stereocenters. The minimum absolute atomic E-state index is 0.227. The van der Waals surface area contributed by atoms with Gasteiger partial charge in [-0.3, -0.25) is 15.1 Å². The van der Waals surface area contributed by atoms with Crippen LogP contribution in [0.4, 0.5) is 5.69 Å². The maximum absolute atomic E-state index is 11.2. The molecule has 0 fully saturated rings. The van der Waals surface area contributed by atoms with Crippen molar-refractivity contribution in [3.63, 3.8) is 0 Å². The number of hydrogen-bond acceptors (Lipinski definition) is 3. The third-order valence-corrected chi connectivity index (χ3v) is 3.41. The summed E-state index contributed by atoms with van der Waals surface area (Å²) in [7, 11) is 0. The number of hydrogen-bond donors (Lipinski definition) is 0. The zero-order chi connectivity index (χ0) is 14.5. The molecule has 0 atom stereocenters. The molecule has 2 aromatic rings. The van der Waals surface area contributed by atoms with E-state index < -0.39 is 0 Å². The highest BCUT2D eigenvalue weighted by molar-refractivity contribution is 5.44. The number of nitro groups is 1. The molecule has 0 amide bonds. The van der Waals surface area contributed by atoms with Crippen molar-refractivity contribution in [3.05, 3.63) is 69.5 Å². The Bertz CT molecular complexity index is 595. The third-order valence-electron chi connectivity index (χ3n) is 3.41. The zero-order valence-electron chi connectivity index (χ0n) is 11.7. The van der Waals surface area contributed by atoms with Crippen molar-refractivity contribution in [2.45, 2.75) is 32.6 Å². The quantitative estimate of drug-likeness (QED) is 0.611. The van der Waals surface area contributed by atoms with E-state index in [4.69, 9.17) is 0 Å². The number of nitro benzene ring substituents is 1. The molecule has 1 aromatic heterocycles. The van der Waals surface area contributed by atoms with E-state index in [0.717, 1.165) is 23.1 Å². The Morgan fingerprint density at radius 1 is 1.15 bits per heavy atom. The normalized spacial score (nSPS) is 10.8. The maximum Gasteiger partial charge on any atom is 0.272 e. The van der Waals surface area contributed by atoms with Gasteiger partial charge in [0.15, 0.2) is 0 Å². The molecule has 0 radical (unpaired) electrons. The van der Waals surface area contributed by atoms with Crippen LogP contribution in [0.5, 0.6) is 0 Å². The van der Waals surface area contributed by atoms with Crippen LogP contribution in [0, 0.1) is 10.1 Å². The smallest absolute Gasteiger partial charge is 0.265 e. The third kappa shape index (κ3) is 3.41. The largest absolute Gasteiger partial charge is 0.272 e. The maximum atomic E-state index is 11.2. The van der Waals surface area contributed by atoms with Crippen LogP contribution in [-0.4, -0.2) is 9.91 Å². The molecule has 0 bridgehead atoms. The lowest BCUT2D eigenvalue weighted by Crippen LogP contribution is -2.00. The molecule has 0 spiro atoms. The summed E-state index contributed by atoms with van der Waals surface area (Å²) in [6.07, 6.45) is 4.93. The number of nitrogens with zero attached hydrogens (tertiary/aromatic N) is 2.